The molecule has 2 N–H and O–H groups in total. The molecule has 0 saturated heterocycles. The molecule has 3 aromatic heterocycles. The molecule has 1 atom stereocenters. The Morgan fingerprint density at radius 2 is 2.03 bits per heavy atom. The van der Waals surface area contributed by atoms with Crippen LogP contribution in [0.3, 0.4) is 0 Å². The number of anilines is 1. The Labute approximate surface area is 175 Å². The van der Waals surface area contributed by atoms with Crippen molar-refractivity contribution in [3.63, 3.8) is 0 Å². The predicted molar refractivity (Wildman–Crippen MR) is 108 cm³/mol. The van der Waals surface area contributed by atoms with Crippen LogP contribution in [-0.2, 0) is 17.9 Å². The summed E-state index contributed by atoms with van der Waals surface area (Å²) >= 11 is 0. The fourth-order valence-electron chi connectivity index (χ4n) is 3.56. The van der Waals surface area contributed by atoms with Crippen molar-refractivity contribution < 1.29 is 19.1 Å². The molecule has 0 fully saturated rings. The molecular weight excluding hydrogens is 407 g/mol. The third-order valence-electron chi connectivity index (χ3n) is 5.13. The minimum Gasteiger partial charge on any atom is -0.387 e. The third-order valence-corrected chi connectivity index (χ3v) is 5.13. The Bertz CT molecular complexity index is 1250. The normalized spacial score (nSPS) is 14.4. The Kier molecular flexibility index (Phi) is 5.05. The Morgan fingerprint density at radius 1 is 1.29 bits per heavy atom. The molecule has 0 saturated carbocycles. The van der Waals surface area contributed by atoms with Crippen molar-refractivity contribution in [3.8, 4) is 0 Å². The van der Waals surface area contributed by atoms with Crippen LogP contribution in [0.4, 0.5) is 10.2 Å². The van der Waals surface area contributed by atoms with Gasteiger partial charge in [0.25, 0.3) is 11.5 Å². The van der Waals surface area contributed by atoms with E-state index in [0.29, 0.717) is 0 Å². The average Bonchev–Trinajstić information content (AvgIpc) is 3.30. The van der Waals surface area contributed by atoms with Gasteiger partial charge >= 0.3 is 0 Å². The lowest BCUT2D eigenvalue weighted by Gasteiger charge is -2.20. The average molecular weight is 428 g/mol. The van der Waals surface area contributed by atoms with Gasteiger partial charge in [-0.25, -0.2) is 9.37 Å². The highest BCUT2D eigenvalue weighted by Crippen LogP contribution is 2.25. The Balaban J connectivity index is 1.82. The monoisotopic (exact) mass is 428 g/mol. The van der Waals surface area contributed by atoms with Crippen molar-refractivity contribution in [2.45, 2.75) is 46.0 Å². The van der Waals surface area contributed by atoms with Crippen LogP contribution >= 0.6 is 0 Å². The molecule has 1 aliphatic heterocycles. The number of aliphatic hydroxyl groups is 1. The number of fused-ring (bicyclic) bond motifs is 2. The minimum absolute atomic E-state index is 0.103. The van der Waals surface area contributed by atoms with Gasteiger partial charge in [0.2, 0.25) is 5.91 Å². The molecule has 2 amide bonds. The molecule has 1 aliphatic rings. The topological polar surface area (TPSA) is 122 Å². The van der Waals surface area contributed by atoms with Crippen molar-refractivity contribution in [2.24, 2.45) is 0 Å². The molecule has 3 aromatic rings. The first-order chi connectivity index (χ1) is 14.7. The number of hydrogen-bond acceptors (Lipinski definition) is 6. The summed E-state index contributed by atoms with van der Waals surface area (Å²) in [4.78, 5) is 44.1. The van der Waals surface area contributed by atoms with Gasteiger partial charge in [-0.15, -0.1) is 0 Å². The number of nitrogens with zero attached hydrogens (tertiary/aromatic N) is 5. The van der Waals surface area contributed by atoms with E-state index >= 15 is 0 Å². The number of carbonyl (C=O) groups is 2. The van der Waals surface area contributed by atoms with E-state index in [1.807, 2.05) is 13.8 Å². The van der Waals surface area contributed by atoms with E-state index in [2.05, 4.69) is 15.4 Å². The van der Waals surface area contributed by atoms with Crippen LogP contribution in [0, 0.1) is 5.82 Å². The van der Waals surface area contributed by atoms with Gasteiger partial charge < -0.3 is 19.9 Å². The maximum atomic E-state index is 13.1. The highest BCUT2D eigenvalue weighted by Gasteiger charge is 2.36. The third kappa shape index (κ3) is 3.56. The Hall–Kier alpha value is -3.60. The SMILES string of the molecule is CC(C)N1Cc2c(n(CC(=O)Nc3ccc(F)cn3)c3cc([C@H](C)O)nn3c2=O)C1=O. The molecule has 0 bridgehead atoms. The summed E-state index contributed by atoms with van der Waals surface area (Å²) in [6.07, 6.45) is 0.0311. The number of pyridine rings is 1. The number of nitrogens with one attached hydrogen (secondary N) is 1. The molecule has 0 unspecified atom stereocenters. The fourth-order valence-corrected chi connectivity index (χ4v) is 3.56. The smallest absolute Gasteiger partial charge is 0.280 e. The molecule has 31 heavy (non-hydrogen) atoms. The van der Waals surface area contributed by atoms with Gasteiger partial charge in [-0.05, 0) is 32.9 Å². The second-order valence-corrected chi connectivity index (χ2v) is 7.67. The first kappa shape index (κ1) is 20.7. The van der Waals surface area contributed by atoms with Crippen LogP contribution in [0.1, 0.15) is 48.6 Å². The maximum Gasteiger partial charge on any atom is 0.280 e. The van der Waals surface area contributed by atoms with Gasteiger partial charge in [0.05, 0.1) is 30.1 Å². The second kappa shape index (κ2) is 7.58. The van der Waals surface area contributed by atoms with Gasteiger partial charge in [0.1, 0.15) is 29.5 Å². The summed E-state index contributed by atoms with van der Waals surface area (Å²) in [5.41, 5.74) is 0.332. The fraction of sp³-hybridized carbons (Fsp3) is 0.350. The van der Waals surface area contributed by atoms with Gasteiger partial charge in [0.15, 0.2) is 0 Å². The van der Waals surface area contributed by atoms with E-state index in [0.717, 1.165) is 16.8 Å². The van der Waals surface area contributed by atoms with Crippen LogP contribution in [0.15, 0.2) is 29.2 Å². The zero-order chi connectivity index (χ0) is 22.4. The minimum atomic E-state index is -0.942. The highest BCUT2D eigenvalue weighted by molar-refractivity contribution is 5.98. The van der Waals surface area contributed by atoms with E-state index in [9.17, 15) is 23.9 Å². The highest BCUT2D eigenvalue weighted by atomic mass is 19.1. The van der Waals surface area contributed by atoms with Crippen molar-refractivity contribution in [1.29, 1.82) is 0 Å². The standard InChI is InChI=1S/C20H21FN6O4/c1-10(2)25-8-13-18(20(25)31)26(9-16(29)23-15-5-4-12(21)7-22-15)17-6-14(11(3)28)24-27(17)19(13)30/h4-7,10-11,28H,8-9H2,1-3H3,(H,22,23,29)/t11-/m0/s1. The van der Waals surface area contributed by atoms with Gasteiger partial charge in [0, 0.05) is 12.1 Å². The van der Waals surface area contributed by atoms with Crippen molar-refractivity contribution in [3.05, 3.63) is 57.5 Å². The zero-order valence-corrected chi connectivity index (χ0v) is 17.2. The summed E-state index contributed by atoms with van der Waals surface area (Å²) in [6.45, 7) is 4.96. The number of halogens is 1. The zero-order valence-electron chi connectivity index (χ0n) is 17.2. The van der Waals surface area contributed by atoms with E-state index in [1.54, 1.807) is 0 Å². The molecule has 0 aliphatic carbocycles. The van der Waals surface area contributed by atoms with Crippen LogP contribution < -0.4 is 10.9 Å². The van der Waals surface area contributed by atoms with E-state index in [-0.39, 0.29) is 53.5 Å². The quantitative estimate of drug-likeness (QED) is 0.627. The lowest BCUT2D eigenvalue weighted by Crippen LogP contribution is -2.32. The number of rotatable bonds is 5. The van der Waals surface area contributed by atoms with Crippen LogP contribution in [0.25, 0.3) is 5.65 Å². The van der Waals surface area contributed by atoms with Crippen LogP contribution in [0.5, 0.6) is 0 Å². The molecule has 11 heteroatoms. The van der Waals surface area contributed by atoms with Gasteiger partial charge in [-0.2, -0.15) is 9.61 Å². The number of aromatic nitrogens is 4. The first-order valence-electron chi connectivity index (χ1n) is 9.73. The van der Waals surface area contributed by atoms with Crippen molar-refractivity contribution in [1.82, 2.24) is 24.1 Å². The lowest BCUT2D eigenvalue weighted by atomic mass is 10.2. The molecule has 0 aromatic carbocycles. The maximum absolute atomic E-state index is 13.1. The Morgan fingerprint density at radius 3 is 2.65 bits per heavy atom. The predicted octanol–water partition coefficient (Wildman–Crippen LogP) is 1.09. The van der Waals surface area contributed by atoms with Crippen LogP contribution in [-0.4, -0.2) is 47.0 Å². The summed E-state index contributed by atoms with van der Waals surface area (Å²) in [7, 11) is 0. The van der Waals surface area contributed by atoms with E-state index in [1.165, 1.54) is 28.5 Å². The molecule has 162 valence electrons. The molecule has 0 spiro atoms. The van der Waals surface area contributed by atoms with Crippen molar-refractivity contribution >= 4 is 23.3 Å². The van der Waals surface area contributed by atoms with Crippen molar-refractivity contribution in [2.75, 3.05) is 5.32 Å². The number of carbonyl (C=O) groups excluding carboxylic acids is 2. The summed E-state index contributed by atoms with van der Waals surface area (Å²) in [5.74, 6) is -1.28. The van der Waals surface area contributed by atoms with Gasteiger partial charge in [-0.3, -0.25) is 14.4 Å². The number of hydrogen-bond donors (Lipinski definition) is 2. The molecule has 10 nitrogen and oxygen atoms in total. The lowest BCUT2D eigenvalue weighted by molar-refractivity contribution is -0.116. The van der Waals surface area contributed by atoms with Gasteiger partial charge in [-0.1, -0.05) is 0 Å². The van der Waals surface area contributed by atoms with E-state index < -0.39 is 23.4 Å². The number of amides is 2. The molecular formula is C20H21FN6O4. The summed E-state index contributed by atoms with van der Waals surface area (Å²) in [6, 6.07) is 3.80. The summed E-state index contributed by atoms with van der Waals surface area (Å²) < 4.78 is 15.6. The first-order valence-corrected chi connectivity index (χ1v) is 9.73. The molecule has 0 radical (unpaired) electrons. The molecule has 4 heterocycles. The van der Waals surface area contributed by atoms with Crippen LogP contribution in [0.2, 0.25) is 0 Å². The molecule has 4 rings (SSSR count). The van der Waals surface area contributed by atoms with E-state index in [4.69, 9.17) is 0 Å². The second-order valence-electron chi connectivity index (χ2n) is 7.67. The largest absolute Gasteiger partial charge is 0.387 e. The number of aliphatic hydroxyl groups excluding tert-OH is 1. The summed E-state index contributed by atoms with van der Waals surface area (Å²) in [5, 5.41) is 16.6.